The molecule has 0 bridgehead atoms. The number of methoxy groups -OCH3 is 1. The van der Waals surface area contributed by atoms with Gasteiger partial charge in [0.2, 0.25) is 5.91 Å². The first-order valence-electron chi connectivity index (χ1n) is 8.41. The molecule has 0 fully saturated rings. The molecule has 1 aromatic heterocycles. The van der Waals surface area contributed by atoms with Crippen molar-refractivity contribution in [2.75, 3.05) is 12.4 Å². The van der Waals surface area contributed by atoms with E-state index in [0.29, 0.717) is 17.4 Å². The molecule has 1 heterocycles. The van der Waals surface area contributed by atoms with Crippen molar-refractivity contribution in [3.05, 3.63) is 66.2 Å². The predicted octanol–water partition coefficient (Wildman–Crippen LogP) is 4.94. The molecule has 3 aromatic rings. The van der Waals surface area contributed by atoms with E-state index in [9.17, 15) is 18.0 Å². The summed E-state index contributed by atoms with van der Waals surface area (Å²) in [6, 6.07) is 11.7. The van der Waals surface area contributed by atoms with E-state index in [1.807, 2.05) is 12.1 Å². The molecule has 0 aliphatic carbocycles. The van der Waals surface area contributed by atoms with Crippen LogP contribution in [0.15, 0.2) is 59.1 Å². The van der Waals surface area contributed by atoms with Crippen LogP contribution in [-0.4, -0.2) is 18.0 Å². The molecule has 3 rings (SSSR count). The van der Waals surface area contributed by atoms with Gasteiger partial charge in [0, 0.05) is 24.1 Å². The van der Waals surface area contributed by atoms with E-state index < -0.39 is 17.6 Å². The third kappa shape index (κ3) is 4.91. The topological polar surface area (TPSA) is 64.4 Å². The van der Waals surface area contributed by atoms with Crippen LogP contribution in [0.5, 0.6) is 5.75 Å². The summed E-state index contributed by atoms with van der Waals surface area (Å²) in [4.78, 5) is 16.2. The number of oxazole rings is 1. The normalized spacial score (nSPS) is 11.3. The molecule has 0 saturated carbocycles. The number of benzene rings is 2. The number of alkyl halides is 3. The summed E-state index contributed by atoms with van der Waals surface area (Å²) < 4.78 is 49.0. The predicted molar refractivity (Wildman–Crippen MR) is 96.9 cm³/mol. The van der Waals surface area contributed by atoms with Crippen molar-refractivity contribution >= 4 is 11.6 Å². The van der Waals surface area contributed by atoms with Gasteiger partial charge in [-0.2, -0.15) is 13.2 Å². The molecule has 28 heavy (non-hydrogen) atoms. The van der Waals surface area contributed by atoms with Gasteiger partial charge < -0.3 is 14.5 Å². The van der Waals surface area contributed by atoms with E-state index >= 15 is 0 Å². The zero-order chi connectivity index (χ0) is 20.1. The Kier molecular flexibility index (Phi) is 5.67. The van der Waals surface area contributed by atoms with Gasteiger partial charge >= 0.3 is 6.18 Å². The van der Waals surface area contributed by atoms with Crippen molar-refractivity contribution in [1.29, 1.82) is 0 Å². The number of carbonyl (C=O) groups is 1. The van der Waals surface area contributed by atoms with Crippen molar-refractivity contribution in [2.24, 2.45) is 0 Å². The van der Waals surface area contributed by atoms with Crippen molar-refractivity contribution in [3.8, 4) is 17.1 Å². The maximum atomic E-state index is 12.7. The second-order valence-corrected chi connectivity index (χ2v) is 5.98. The van der Waals surface area contributed by atoms with Crippen molar-refractivity contribution < 1.29 is 27.1 Å². The number of hydrogen-bond acceptors (Lipinski definition) is 4. The minimum absolute atomic E-state index is 0.0221. The highest BCUT2D eigenvalue weighted by atomic mass is 19.4. The number of nitrogens with zero attached hydrogens (tertiary/aromatic N) is 1. The Morgan fingerprint density at radius 1 is 1.18 bits per heavy atom. The molecule has 0 radical (unpaired) electrons. The monoisotopic (exact) mass is 390 g/mol. The Hall–Kier alpha value is -3.29. The zero-order valence-corrected chi connectivity index (χ0v) is 14.9. The molecule has 146 valence electrons. The van der Waals surface area contributed by atoms with Crippen molar-refractivity contribution in [2.45, 2.75) is 19.0 Å². The Morgan fingerprint density at radius 3 is 2.71 bits per heavy atom. The summed E-state index contributed by atoms with van der Waals surface area (Å²) in [5.41, 5.74) is 0.0525. The van der Waals surface area contributed by atoms with Crippen molar-refractivity contribution in [3.63, 3.8) is 0 Å². The Morgan fingerprint density at radius 2 is 1.96 bits per heavy atom. The molecule has 0 saturated heterocycles. The minimum atomic E-state index is -4.46. The fourth-order valence-corrected chi connectivity index (χ4v) is 2.55. The van der Waals surface area contributed by atoms with Gasteiger partial charge in [-0.1, -0.05) is 18.2 Å². The Bertz CT molecular complexity index is 967. The second-order valence-electron chi connectivity index (χ2n) is 5.98. The largest absolute Gasteiger partial charge is 0.497 e. The number of halogens is 3. The molecule has 1 amide bonds. The van der Waals surface area contributed by atoms with Gasteiger partial charge in [0.25, 0.3) is 0 Å². The summed E-state index contributed by atoms with van der Waals surface area (Å²) in [5, 5.41) is 2.45. The lowest BCUT2D eigenvalue weighted by Crippen LogP contribution is -2.13. The highest BCUT2D eigenvalue weighted by Crippen LogP contribution is 2.30. The first-order chi connectivity index (χ1) is 13.3. The summed E-state index contributed by atoms with van der Waals surface area (Å²) in [6.45, 7) is 0. The molecule has 5 nitrogen and oxygen atoms in total. The molecule has 0 aliphatic heterocycles. The van der Waals surface area contributed by atoms with Gasteiger partial charge in [-0.25, -0.2) is 4.98 Å². The molecule has 0 unspecified atom stereocenters. The maximum absolute atomic E-state index is 12.7. The van der Waals surface area contributed by atoms with E-state index in [0.717, 1.165) is 17.7 Å². The third-order valence-electron chi connectivity index (χ3n) is 3.95. The van der Waals surface area contributed by atoms with E-state index in [4.69, 9.17) is 9.15 Å². The van der Waals surface area contributed by atoms with Crippen LogP contribution in [0.4, 0.5) is 18.9 Å². The summed E-state index contributed by atoms with van der Waals surface area (Å²) >= 11 is 0. The van der Waals surface area contributed by atoms with Crippen LogP contribution < -0.4 is 10.1 Å². The maximum Gasteiger partial charge on any atom is 0.416 e. The lowest BCUT2D eigenvalue weighted by Gasteiger charge is -2.09. The number of carbonyl (C=O) groups excluding carboxylic acids is 1. The van der Waals surface area contributed by atoms with Gasteiger partial charge in [-0.3, -0.25) is 4.79 Å². The molecule has 0 aliphatic rings. The number of amides is 1. The lowest BCUT2D eigenvalue weighted by atomic mass is 10.2. The molecule has 1 N–H and O–H groups in total. The average molecular weight is 390 g/mol. The van der Waals surface area contributed by atoms with Crippen LogP contribution >= 0.6 is 0 Å². The van der Waals surface area contributed by atoms with Crippen LogP contribution in [-0.2, 0) is 17.4 Å². The number of aromatic nitrogens is 1. The molecular formula is C20H17F3N2O3. The first-order valence-corrected chi connectivity index (χ1v) is 8.41. The van der Waals surface area contributed by atoms with E-state index in [1.165, 1.54) is 12.1 Å². The fraction of sp³-hybridized carbons (Fsp3) is 0.200. The third-order valence-corrected chi connectivity index (χ3v) is 3.95. The SMILES string of the molecule is COc1cccc(-c2cnc(CCC(=O)Nc3cccc(C(F)(F)F)c3)o2)c1. The summed E-state index contributed by atoms with van der Waals surface area (Å²) in [7, 11) is 1.56. The summed E-state index contributed by atoms with van der Waals surface area (Å²) in [5.74, 6) is 1.14. The standard InChI is InChI=1S/C20H17F3N2O3/c1-27-16-7-2-4-13(10-16)17-12-24-19(28-17)9-8-18(26)25-15-6-3-5-14(11-15)20(21,22)23/h2-7,10-12H,8-9H2,1H3,(H,25,26). The number of rotatable bonds is 6. The molecule has 0 atom stereocenters. The zero-order valence-electron chi connectivity index (χ0n) is 14.9. The number of aryl methyl sites for hydroxylation is 1. The first kappa shape index (κ1) is 19.5. The fourth-order valence-electron chi connectivity index (χ4n) is 2.55. The quantitative estimate of drug-likeness (QED) is 0.648. The number of nitrogens with one attached hydrogen (secondary N) is 1. The molecule has 8 heteroatoms. The Labute approximate surface area is 159 Å². The van der Waals surface area contributed by atoms with E-state index in [1.54, 1.807) is 25.4 Å². The van der Waals surface area contributed by atoms with E-state index in [-0.39, 0.29) is 18.5 Å². The van der Waals surface area contributed by atoms with Gasteiger partial charge in [0.1, 0.15) is 5.75 Å². The summed E-state index contributed by atoms with van der Waals surface area (Å²) in [6.07, 6.45) is -2.67. The number of hydrogen-bond donors (Lipinski definition) is 1. The molecular weight excluding hydrogens is 373 g/mol. The minimum Gasteiger partial charge on any atom is -0.497 e. The van der Waals surface area contributed by atoms with E-state index in [2.05, 4.69) is 10.3 Å². The smallest absolute Gasteiger partial charge is 0.416 e. The average Bonchev–Trinajstić information content (AvgIpc) is 3.15. The molecule has 2 aromatic carbocycles. The van der Waals surface area contributed by atoms with Crippen LogP contribution in [0.2, 0.25) is 0 Å². The lowest BCUT2D eigenvalue weighted by molar-refractivity contribution is -0.137. The highest BCUT2D eigenvalue weighted by molar-refractivity contribution is 5.90. The van der Waals surface area contributed by atoms with Gasteiger partial charge in [-0.05, 0) is 30.3 Å². The van der Waals surface area contributed by atoms with Crippen LogP contribution in [0, 0.1) is 0 Å². The van der Waals surface area contributed by atoms with Gasteiger partial charge in [-0.15, -0.1) is 0 Å². The number of anilines is 1. The van der Waals surface area contributed by atoms with Crippen LogP contribution in [0.3, 0.4) is 0 Å². The van der Waals surface area contributed by atoms with Gasteiger partial charge in [0.15, 0.2) is 11.7 Å². The highest BCUT2D eigenvalue weighted by Gasteiger charge is 2.30. The Balaban J connectivity index is 1.59. The van der Waals surface area contributed by atoms with Gasteiger partial charge in [0.05, 0.1) is 18.9 Å². The molecule has 0 spiro atoms. The number of ether oxygens (including phenoxy) is 1. The second kappa shape index (κ2) is 8.16. The van der Waals surface area contributed by atoms with Crippen LogP contribution in [0.1, 0.15) is 17.9 Å². The van der Waals surface area contributed by atoms with Crippen LogP contribution in [0.25, 0.3) is 11.3 Å². The van der Waals surface area contributed by atoms with Crippen molar-refractivity contribution in [1.82, 2.24) is 4.98 Å².